The van der Waals surface area contributed by atoms with E-state index in [-0.39, 0.29) is 10.8 Å². The Balaban J connectivity index is 1.89. The smallest absolute Gasteiger partial charge is 0.267 e. The summed E-state index contributed by atoms with van der Waals surface area (Å²) in [4.78, 5) is 16.5. The number of primary sulfonamides is 1. The quantitative estimate of drug-likeness (QED) is 0.690. The normalized spacial score (nSPS) is 11.8. The highest BCUT2D eigenvalue weighted by molar-refractivity contribution is 7.89. The molecule has 1 aromatic carbocycles. The Morgan fingerprint density at radius 1 is 1.04 bits per heavy atom. The van der Waals surface area contributed by atoms with Crippen LogP contribution in [-0.2, 0) is 10.0 Å². The van der Waals surface area contributed by atoms with Crippen molar-refractivity contribution in [3.8, 4) is 0 Å². The lowest BCUT2D eigenvalue weighted by Crippen LogP contribution is -2.15. The molecule has 0 atom stereocenters. The molecule has 2 heterocycles. The molecule has 0 saturated heterocycles. The number of hydrogen-bond acceptors (Lipinski definition) is 7. The third-order valence-electron chi connectivity index (χ3n) is 3.80. The summed E-state index contributed by atoms with van der Waals surface area (Å²) in [5.74, 6) is -0.294. The minimum absolute atomic E-state index is 0.00965. The fourth-order valence-corrected chi connectivity index (χ4v) is 2.92. The molecular formula is C17H16N6O3S. The standard InChI is InChI=1S/C17H16N6O3S/c1-11-16(21-20-14-3-5-15(6-4-14)27(18,25)26)12(2)23(22-11)17(24)13-7-9-19-10-8-13/h3-10H,1-2H3,(H2,18,25,26). The summed E-state index contributed by atoms with van der Waals surface area (Å²) < 4.78 is 23.8. The second kappa shape index (κ2) is 7.17. The number of azo groups is 1. The molecule has 0 bridgehead atoms. The van der Waals surface area contributed by atoms with Crippen LogP contribution in [0.15, 0.2) is 63.9 Å². The summed E-state index contributed by atoms with van der Waals surface area (Å²) in [6.45, 7) is 3.44. The van der Waals surface area contributed by atoms with Crippen molar-refractivity contribution in [2.24, 2.45) is 15.4 Å². The summed E-state index contributed by atoms with van der Waals surface area (Å²) in [6, 6.07) is 8.88. The third kappa shape index (κ3) is 3.96. The second-order valence-corrected chi connectivity index (χ2v) is 7.27. The highest BCUT2D eigenvalue weighted by Gasteiger charge is 2.18. The topological polar surface area (TPSA) is 133 Å². The summed E-state index contributed by atoms with van der Waals surface area (Å²) in [5.41, 5.74) is 2.44. The number of benzene rings is 1. The van der Waals surface area contributed by atoms with Gasteiger partial charge in [0.05, 0.1) is 22.0 Å². The molecule has 0 unspecified atom stereocenters. The molecule has 10 heteroatoms. The van der Waals surface area contributed by atoms with E-state index in [0.29, 0.717) is 28.3 Å². The van der Waals surface area contributed by atoms with E-state index in [1.807, 2.05) is 0 Å². The molecule has 0 aliphatic rings. The van der Waals surface area contributed by atoms with Crippen molar-refractivity contribution in [2.75, 3.05) is 0 Å². The zero-order chi connectivity index (χ0) is 19.6. The highest BCUT2D eigenvalue weighted by Crippen LogP contribution is 2.26. The lowest BCUT2D eigenvalue weighted by Gasteiger charge is -2.02. The number of rotatable bonds is 4. The summed E-state index contributed by atoms with van der Waals surface area (Å²) in [7, 11) is -3.76. The SMILES string of the molecule is Cc1nn(C(=O)c2ccncc2)c(C)c1N=Nc1ccc(S(N)(=O)=O)cc1. The lowest BCUT2D eigenvalue weighted by molar-refractivity contribution is 0.0942. The van der Waals surface area contributed by atoms with Gasteiger partial charge >= 0.3 is 0 Å². The number of sulfonamides is 1. The van der Waals surface area contributed by atoms with Crippen molar-refractivity contribution >= 4 is 27.3 Å². The number of nitrogens with zero attached hydrogens (tertiary/aromatic N) is 5. The Hall–Kier alpha value is -3.24. The number of nitrogens with two attached hydrogens (primary N) is 1. The molecule has 0 radical (unpaired) electrons. The maximum absolute atomic E-state index is 12.6. The van der Waals surface area contributed by atoms with Gasteiger partial charge in [0.1, 0.15) is 5.69 Å². The van der Waals surface area contributed by atoms with Crippen LogP contribution in [0.4, 0.5) is 11.4 Å². The van der Waals surface area contributed by atoms with Crippen molar-refractivity contribution in [1.29, 1.82) is 0 Å². The van der Waals surface area contributed by atoms with E-state index in [1.54, 1.807) is 26.0 Å². The minimum Gasteiger partial charge on any atom is -0.267 e. The molecule has 3 aromatic rings. The minimum atomic E-state index is -3.76. The van der Waals surface area contributed by atoms with Crippen LogP contribution < -0.4 is 5.14 Å². The van der Waals surface area contributed by atoms with Crippen molar-refractivity contribution < 1.29 is 13.2 Å². The zero-order valence-corrected chi connectivity index (χ0v) is 15.4. The largest absolute Gasteiger partial charge is 0.278 e. The number of aryl methyl sites for hydroxylation is 1. The third-order valence-corrected chi connectivity index (χ3v) is 4.73. The number of aromatic nitrogens is 3. The van der Waals surface area contributed by atoms with Crippen LogP contribution in [0.2, 0.25) is 0 Å². The van der Waals surface area contributed by atoms with E-state index in [1.165, 1.54) is 41.3 Å². The number of carbonyl (C=O) groups excluding carboxylic acids is 1. The number of carbonyl (C=O) groups is 1. The molecule has 0 aliphatic carbocycles. The summed E-state index contributed by atoms with van der Waals surface area (Å²) in [5, 5.41) is 17.5. The molecular weight excluding hydrogens is 368 g/mol. The van der Waals surface area contributed by atoms with Gasteiger partial charge in [0.25, 0.3) is 5.91 Å². The fraction of sp³-hybridized carbons (Fsp3) is 0.118. The summed E-state index contributed by atoms with van der Waals surface area (Å²) in [6.07, 6.45) is 3.06. The van der Waals surface area contributed by atoms with Gasteiger partial charge in [-0.3, -0.25) is 9.78 Å². The molecule has 27 heavy (non-hydrogen) atoms. The van der Waals surface area contributed by atoms with Crippen molar-refractivity contribution in [3.63, 3.8) is 0 Å². The lowest BCUT2D eigenvalue weighted by atomic mass is 10.2. The van der Waals surface area contributed by atoms with Crippen LogP contribution in [-0.4, -0.2) is 29.1 Å². The van der Waals surface area contributed by atoms with Gasteiger partial charge in [-0.05, 0) is 50.2 Å². The molecule has 138 valence electrons. The van der Waals surface area contributed by atoms with Gasteiger partial charge in [0.15, 0.2) is 0 Å². The van der Waals surface area contributed by atoms with Crippen LogP contribution in [0.3, 0.4) is 0 Å². The predicted octanol–water partition coefficient (Wildman–Crippen LogP) is 2.65. The highest BCUT2D eigenvalue weighted by atomic mass is 32.2. The zero-order valence-electron chi connectivity index (χ0n) is 14.6. The molecule has 9 nitrogen and oxygen atoms in total. The molecule has 3 rings (SSSR count). The molecule has 0 fully saturated rings. The van der Waals surface area contributed by atoms with E-state index in [4.69, 9.17) is 5.14 Å². The van der Waals surface area contributed by atoms with Crippen molar-refractivity contribution in [2.45, 2.75) is 18.7 Å². The van der Waals surface area contributed by atoms with Gasteiger partial charge in [0.2, 0.25) is 10.0 Å². The van der Waals surface area contributed by atoms with Gasteiger partial charge < -0.3 is 0 Å². The van der Waals surface area contributed by atoms with Gasteiger partial charge in [-0.15, -0.1) is 5.11 Å². The van der Waals surface area contributed by atoms with Crippen LogP contribution in [0.5, 0.6) is 0 Å². The van der Waals surface area contributed by atoms with Crippen LogP contribution in [0.1, 0.15) is 21.7 Å². The Labute approximate surface area is 155 Å². The van der Waals surface area contributed by atoms with Crippen LogP contribution in [0, 0.1) is 13.8 Å². The average Bonchev–Trinajstić information content (AvgIpc) is 2.93. The van der Waals surface area contributed by atoms with Crippen molar-refractivity contribution in [1.82, 2.24) is 14.8 Å². The summed E-state index contributed by atoms with van der Waals surface area (Å²) >= 11 is 0. The van der Waals surface area contributed by atoms with Crippen molar-refractivity contribution in [3.05, 3.63) is 65.7 Å². The van der Waals surface area contributed by atoms with Gasteiger partial charge in [-0.2, -0.15) is 14.9 Å². The first-order valence-corrected chi connectivity index (χ1v) is 9.37. The van der Waals surface area contributed by atoms with Gasteiger partial charge in [-0.1, -0.05) is 0 Å². The molecule has 0 amide bonds. The predicted molar refractivity (Wildman–Crippen MR) is 97.7 cm³/mol. The second-order valence-electron chi connectivity index (χ2n) is 5.71. The Bertz CT molecular complexity index is 1120. The maximum atomic E-state index is 12.6. The van der Waals surface area contributed by atoms with E-state index in [9.17, 15) is 13.2 Å². The molecule has 0 spiro atoms. The fourth-order valence-electron chi connectivity index (χ4n) is 2.40. The number of pyridine rings is 1. The Kier molecular flexibility index (Phi) is 4.93. The maximum Gasteiger partial charge on any atom is 0.278 e. The van der Waals surface area contributed by atoms with Crippen LogP contribution >= 0.6 is 0 Å². The Morgan fingerprint density at radius 2 is 1.67 bits per heavy atom. The molecule has 0 saturated carbocycles. The first-order chi connectivity index (χ1) is 12.8. The van der Waals surface area contributed by atoms with E-state index in [0.717, 1.165) is 0 Å². The van der Waals surface area contributed by atoms with Gasteiger partial charge in [-0.25, -0.2) is 13.6 Å². The first-order valence-electron chi connectivity index (χ1n) is 7.83. The van der Waals surface area contributed by atoms with E-state index in [2.05, 4.69) is 20.3 Å². The van der Waals surface area contributed by atoms with Gasteiger partial charge in [0, 0.05) is 18.0 Å². The number of hydrogen-bond donors (Lipinski definition) is 1. The monoisotopic (exact) mass is 384 g/mol. The molecule has 2 N–H and O–H groups in total. The average molecular weight is 384 g/mol. The van der Waals surface area contributed by atoms with E-state index < -0.39 is 10.0 Å². The first kappa shape index (κ1) is 18.5. The molecule has 2 aromatic heterocycles. The molecule has 0 aliphatic heterocycles. The van der Waals surface area contributed by atoms with E-state index >= 15 is 0 Å². The Morgan fingerprint density at radius 3 is 2.26 bits per heavy atom. The van der Waals surface area contributed by atoms with Crippen LogP contribution in [0.25, 0.3) is 0 Å².